The molecule has 0 atom stereocenters. The van der Waals surface area contributed by atoms with Crippen molar-refractivity contribution in [3.05, 3.63) is 41.5 Å². The molecule has 3 heterocycles. The molecule has 1 aromatic carbocycles. The first kappa shape index (κ1) is 14.1. The molecule has 1 saturated heterocycles. The van der Waals surface area contributed by atoms with Crippen molar-refractivity contribution < 1.29 is 4.79 Å². The quantitative estimate of drug-likeness (QED) is 0.724. The molecule has 1 aliphatic rings. The predicted octanol–water partition coefficient (Wildman–Crippen LogP) is 3.54. The Balaban J connectivity index is 1.83. The number of carbonyl (C=O) groups is 1. The maximum atomic E-state index is 12.2. The maximum absolute atomic E-state index is 12.2. The summed E-state index contributed by atoms with van der Waals surface area (Å²) in [5, 5.41) is 1.11. The first-order valence-electron chi connectivity index (χ1n) is 7.46. The van der Waals surface area contributed by atoms with Gasteiger partial charge in [-0.15, -0.1) is 11.3 Å². The van der Waals surface area contributed by atoms with Gasteiger partial charge in [0.15, 0.2) is 0 Å². The molecule has 5 nitrogen and oxygen atoms in total. The van der Waals surface area contributed by atoms with Crippen LogP contribution in [0.2, 0.25) is 0 Å². The molecule has 0 radical (unpaired) electrons. The number of benzene rings is 1. The van der Waals surface area contributed by atoms with Gasteiger partial charge in [0.25, 0.3) is 0 Å². The molecule has 0 aliphatic carbocycles. The normalized spacial score (nSPS) is 15.0. The Morgan fingerprint density at radius 3 is 2.78 bits per heavy atom. The molecule has 3 aromatic rings. The highest BCUT2D eigenvalue weighted by atomic mass is 32.1. The van der Waals surface area contributed by atoms with Gasteiger partial charge in [-0.2, -0.15) is 0 Å². The van der Waals surface area contributed by atoms with Gasteiger partial charge in [0.1, 0.15) is 0 Å². The molecule has 0 spiro atoms. The van der Waals surface area contributed by atoms with Gasteiger partial charge in [0.05, 0.1) is 21.6 Å². The molecule has 23 heavy (non-hydrogen) atoms. The zero-order chi connectivity index (χ0) is 16.0. The number of aryl methyl sites for hydroxylation is 1. The summed E-state index contributed by atoms with van der Waals surface area (Å²) in [5.41, 5.74) is 5.73. The number of anilines is 1. The number of hydrogen-bond acceptors (Lipinski definition) is 4. The number of nitrogens with zero attached hydrogens (tertiary/aromatic N) is 4. The van der Waals surface area contributed by atoms with Crippen molar-refractivity contribution in [2.45, 2.75) is 6.92 Å². The molecule has 116 valence electrons. The van der Waals surface area contributed by atoms with Crippen molar-refractivity contribution in [1.82, 2.24) is 14.9 Å². The first-order valence-corrected chi connectivity index (χ1v) is 8.34. The summed E-state index contributed by atoms with van der Waals surface area (Å²) in [6, 6.07) is 8.18. The summed E-state index contributed by atoms with van der Waals surface area (Å²) in [4.78, 5) is 25.7. The highest BCUT2D eigenvalue weighted by Crippen LogP contribution is 2.30. The number of amides is 2. The van der Waals surface area contributed by atoms with Crippen LogP contribution in [0.1, 0.15) is 5.56 Å². The van der Waals surface area contributed by atoms with E-state index in [2.05, 4.69) is 24.0 Å². The third-order valence-electron chi connectivity index (χ3n) is 4.21. The van der Waals surface area contributed by atoms with Gasteiger partial charge in [-0.3, -0.25) is 9.88 Å². The lowest BCUT2D eigenvalue weighted by atomic mass is 10.1. The molecule has 0 bridgehead atoms. The maximum Gasteiger partial charge on any atom is 0.324 e. The van der Waals surface area contributed by atoms with E-state index in [4.69, 9.17) is 4.98 Å². The van der Waals surface area contributed by atoms with Crippen molar-refractivity contribution >= 4 is 34.0 Å². The lowest BCUT2D eigenvalue weighted by molar-refractivity contribution is 0.229. The average Bonchev–Trinajstić information content (AvgIpc) is 3.18. The van der Waals surface area contributed by atoms with Crippen molar-refractivity contribution in [2.24, 2.45) is 0 Å². The lowest BCUT2D eigenvalue weighted by Gasteiger charge is -2.17. The fraction of sp³-hybridized carbons (Fsp3) is 0.235. The first-order chi connectivity index (χ1) is 11.1. The molecule has 0 unspecified atom stereocenters. The second-order valence-corrected chi connectivity index (χ2v) is 6.63. The number of fused-ring (bicyclic) bond motifs is 1. The summed E-state index contributed by atoms with van der Waals surface area (Å²) in [6.45, 7) is 3.56. The summed E-state index contributed by atoms with van der Waals surface area (Å²) in [7, 11) is 1.83. The van der Waals surface area contributed by atoms with E-state index in [1.54, 1.807) is 21.1 Å². The Morgan fingerprint density at radius 1 is 1.22 bits per heavy atom. The van der Waals surface area contributed by atoms with E-state index in [1.165, 1.54) is 5.56 Å². The zero-order valence-electron chi connectivity index (χ0n) is 13.0. The van der Waals surface area contributed by atoms with E-state index in [1.807, 2.05) is 30.9 Å². The topological polar surface area (TPSA) is 49.3 Å². The Labute approximate surface area is 138 Å². The van der Waals surface area contributed by atoms with Crippen molar-refractivity contribution in [2.75, 3.05) is 25.0 Å². The Hall–Kier alpha value is -2.47. The second-order valence-electron chi connectivity index (χ2n) is 5.75. The van der Waals surface area contributed by atoms with Crippen LogP contribution >= 0.6 is 11.3 Å². The molecule has 4 rings (SSSR count). The molecule has 0 saturated carbocycles. The van der Waals surface area contributed by atoms with Gasteiger partial charge < -0.3 is 4.90 Å². The summed E-state index contributed by atoms with van der Waals surface area (Å²) < 4.78 is 0. The molecule has 0 N–H and O–H groups in total. The van der Waals surface area contributed by atoms with E-state index in [0.29, 0.717) is 6.54 Å². The van der Waals surface area contributed by atoms with Crippen LogP contribution in [-0.4, -0.2) is 41.0 Å². The summed E-state index contributed by atoms with van der Waals surface area (Å²) in [5.74, 6) is 0. The molecular formula is C17H16N4OS. The van der Waals surface area contributed by atoms with E-state index in [9.17, 15) is 4.79 Å². The van der Waals surface area contributed by atoms with Crippen LogP contribution in [0.4, 0.5) is 10.5 Å². The minimum atomic E-state index is 0.0414. The van der Waals surface area contributed by atoms with Crippen molar-refractivity contribution in [3.8, 4) is 10.6 Å². The lowest BCUT2D eigenvalue weighted by Crippen LogP contribution is -2.29. The van der Waals surface area contributed by atoms with Gasteiger partial charge >= 0.3 is 6.03 Å². The zero-order valence-corrected chi connectivity index (χ0v) is 13.8. The Morgan fingerprint density at radius 2 is 2.09 bits per heavy atom. The predicted molar refractivity (Wildman–Crippen MR) is 93.0 cm³/mol. The number of pyridine rings is 1. The highest BCUT2D eigenvalue weighted by Gasteiger charge is 2.26. The largest absolute Gasteiger partial charge is 0.326 e. The summed E-state index contributed by atoms with van der Waals surface area (Å²) in [6.07, 6.45) is 1.83. The fourth-order valence-electron chi connectivity index (χ4n) is 2.91. The van der Waals surface area contributed by atoms with E-state index >= 15 is 0 Å². The highest BCUT2D eigenvalue weighted by molar-refractivity contribution is 7.13. The van der Waals surface area contributed by atoms with Crippen molar-refractivity contribution in [3.63, 3.8) is 0 Å². The number of carbonyl (C=O) groups excluding carboxylic acids is 1. The average molecular weight is 324 g/mol. The Bertz CT molecular complexity index is 891. The number of hydrogen-bond donors (Lipinski definition) is 0. The van der Waals surface area contributed by atoms with Gasteiger partial charge in [0.2, 0.25) is 0 Å². The standard InChI is InChI=1S/C17H16N4OS/c1-11-7-15(16-9-18-10-23-16)19-14-8-12(3-4-13(11)14)21-6-5-20(2)17(21)22/h3-4,7-10H,5-6H2,1-2H3. The Kier molecular flexibility index (Phi) is 3.27. The van der Waals surface area contributed by atoms with Crippen LogP contribution in [0.25, 0.3) is 21.5 Å². The number of rotatable bonds is 2. The molecule has 1 aliphatic heterocycles. The van der Waals surface area contributed by atoms with Crippen LogP contribution in [0.3, 0.4) is 0 Å². The number of thiazole rings is 1. The third-order valence-corrected chi connectivity index (χ3v) is 5.01. The molecule has 2 aromatic heterocycles. The molecule has 6 heteroatoms. The van der Waals surface area contributed by atoms with E-state index in [-0.39, 0.29) is 6.03 Å². The molecule has 2 amide bonds. The van der Waals surface area contributed by atoms with Crippen LogP contribution in [-0.2, 0) is 0 Å². The van der Waals surface area contributed by atoms with Crippen LogP contribution < -0.4 is 4.90 Å². The number of urea groups is 1. The number of likely N-dealkylation sites (N-methyl/N-ethyl adjacent to an activating group) is 1. The van der Waals surface area contributed by atoms with E-state index < -0.39 is 0 Å². The summed E-state index contributed by atoms with van der Waals surface area (Å²) >= 11 is 1.58. The van der Waals surface area contributed by atoms with Crippen LogP contribution in [0.5, 0.6) is 0 Å². The molecular weight excluding hydrogens is 308 g/mol. The second kappa shape index (κ2) is 5.31. The van der Waals surface area contributed by atoms with Gasteiger partial charge in [-0.1, -0.05) is 6.07 Å². The van der Waals surface area contributed by atoms with Gasteiger partial charge in [0, 0.05) is 37.4 Å². The monoisotopic (exact) mass is 324 g/mol. The fourth-order valence-corrected chi connectivity index (χ4v) is 3.50. The van der Waals surface area contributed by atoms with Gasteiger partial charge in [-0.05, 0) is 30.7 Å². The third kappa shape index (κ3) is 2.35. The van der Waals surface area contributed by atoms with Crippen LogP contribution in [0, 0.1) is 6.92 Å². The van der Waals surface area contributed by atoms with Crippen LogP contribution in [0.15, 0.2) is 36.0 Å². The van der Waals surface area contributed by atoms with Gasteiger partial charge in [-0.25, -0.2) is 9.78 Å². The molecule has 1 fully saturated rings. The smallest absolute Gasteiger partial charge is 0.324 e. The minimum absolute atomic E-state index is 0.0414. The van der Waals surface area contributed by atoms with Crippen molar-refractivity contribution in [1.29, 1.82) is 0 Å². The SMILES string of the molecule is Cc1cc(-c2cncs2)nc2cc(N3CCN(C)C3=O)ccc12. The van der Waals surface area contributed by atoms with E-state index in [0.717, 1.165) is 33.7 Å². The minimum Gasteiger partial charge on any atom is -0.326 e. The number of aromatic nitrogens is 2.